The Bertz CT molecular complexity index is 638. The van der Waals surface area contributed by atoms with Crippen LogP contribution >= 0.6 is 0 Å². The highest BCUT2D eigenvalue weighted by atomic mass is 16.5. The second kappa shape index (κ2) is 10.4. The maximum atomic E-state index is 11.9. The van der Waals surface area contributed by atoms with Gasteiger partial charge in [-0.15, -0.1) is 0 Å². The summed E-state index contributed by atoms with van der Waals surface area (Å²) in [6, 6.07) is 15.2. The number of nitrogens with one attached hydrogen (secondary N) is 1. The van der Waals surface area contributed by atoms with Crippen LogP contribution in [0.3, 0.4) is 0 Å². The molecule has 0 aliphatic heterocycles. The lowest BCUT2D eigenvalue weighted by Gasteiger charge is -2.09. The number of hydrogen-bond donors (Lipinski definition) is 1. The van der Waals surface area contributed by atoms with Gasteiger partial charge in [0.2, 0.25) is 0 Å². The van der Waals surface area contributed by atoms with Gasteiger partial charge in [-0.2, -0.15) is 0 Å². The summed E-state index contributed by atoms with van der Waals surface area (Å²) in [4.78, 5) is 11.9. The van der Waals surface area contributed by atoms with E-state index in [0.29, 0.717) is 32.1 Å². The first-order chi connectivity index (χ1) is 12.2. The molecule has 1 amide bonds. The van der Waals surface area contributed by atoms with Crippen molar-refractivity contribution in [2.24, 2.45) is 0 Å². The number of ether oxygens (including phenoxy) is 3. The van der Waals surface area contributed by atoms with Crippen LogP contribution < -0.4 is 14.8 Å². The smallest absolute Gasteiger partial charge is 0.258 e. The second-order valence-corrected chi connectivity index (χ2v) is 5.42. The number of amides is 1. The van der Waals surface area contributed by atoms with Crippen LogP contribution in [0.25, 0.3) is 0 Å². The van der Waals surface area contributed by atoms with Crippen LogP contribution in [0.5, 0.6) is 11.5 Å². The van der Waals surface area contributed by atoms with Gasteiger partial charge in [-0.05, 0) is 49.2 Å². The van der Waals surface area contributed by atoms with Crippen LogP contribution in [0.4, 0.5) is 0 Å². The number of carbonyl (C=O) groups excluding carboxylic acids is 1. The van der Waals surface area contributed by atoms with Crippen molar-refractivity contribution in [2.45, 2.75) is 27.0 Å². The molecular weight excluding hydrogens is 318 g/mol. The van der Waals surface area contributed by atoms with Crippen molar-refractivity contribution in [3.05, 3.63) is 59.7 Å². The van der Waals surface area contributed by atoms with Crippen molar-refractivity contribution < 1.29 is 19.0 Å². The molecule has 25 heavy (non-hydrogen) atoms. The largest absolute Gasteiger partial charge is 0.494 e. The first-order valence-electron chi connectivity index (χ1n) is 8.49. The maximum Gasteiger partial charge on any atom is 0.258 e. The molecule has 2 rings (SSSR count). The molecule has 0 bridgehead atoms. The predicted molar refractivity (Wildman–Crippen MR) is 96.7 cm³/mol. The molecule has 1 N–H and O–H groups in total. The molecule has 2 aromatic rings. The zero-order valence-corrected chi connectivity index (χ0v) is 14.8. The molecule has 5 heteroatoms. The van der Waals surface area contributed by atoms with E-state index in [0.717, 1.165) is 16.9 Å². The van der Waals surface area contributed by atoms with E-state index in [-0.39, 0.29) is 12.5 Å². The van der Waals surface area contributed by atoms with Crippen molar-refractivity contribution in [3.8, 4) is 11.5 Å². The summed E-state index contributed by atoms with van der Waals surface area (Å²) >= 11 is 0. The van der Waals surface area contributed by atoms with Crippen LogP contribution in [0.15, 0.2) is 48.5 Å². The van der Waals surface area contributed by atoms with Gasteiger partial charge in [0.05, 0.1) is 13.2 Å². The lowest BCUT2D eigenvalue weighted by molar-refractivity contribution is -0.123. The van der Waals surface area contributed by atoms with E-state index in [1.165, 1.54) is 0 Å². The first-order valence-corrected chi connectivity index (χ1v) is 8.49. The van der Waals surface area contributed by atoms with Crippen LogP contribution in [0.1, 0.15) is 25.0 Å². The Morgan fingerprint density at radius 3 is 2.04 bits per heavy atom. The average Bonchev–Trinajstić information content (AvgIpc) is 2.65. The van der Waals surface area contributed by atoms with Crippen molar-refractivity contribution in [1.29, 1.82) is 0 Å². The van der Waals surface area contributed by atoms with Gasteiger partial charge in [-0.1, -0.05) is 24.3 Å². The minimum absolute atomic E-state index is 0.0175. The topological polar surface area (TPSA) is 56.8 Å². The van der Waals surface area contributed by atoms with Gasteiger partial charge in [0, 0.05) is 13.2 Å². The van der Waals surface area contributed by atoms with Gasteiger partial charge in [-0.3, -0.25) is 4.79 Å². The number of benzene rings is 2. The summed E-state index contributed by atoms with van der Waals surface area (Å²) in [7, 11) is 0. The predicted octanol–water partition coefficient (Wildman–Crippen LogP) is 3.32. The van der Waals surface area contributed by atoms with Crippen molar-refractivity contribution in [2.75, 3.05) is 19.8 Å². The molecule has 0 atom stereocenters. The van der Waals surface area contributed by atoms with Crippen molar-refractivity contribution in [3.63, 3.8) is 0 Å². The molecule has 0 aromatic heterocycles. The lowest BCUT2D eigenvalue weighted by Crippen LogP contribution is -2.28. The summed E-state index contributed by atoms with van der Waals surface area (Å²) in [6.45, 7) is 6.29. The van der Waals surface area contributed by atoms with E-state index >= 15 is 0 Å². The molecule has 0 radical (unpaired) electrons. The molecule has 0 heterocycles. The summed E-state index contributed by atoms with van der Waals surface area (Å²) in [5.74, 6) is 1.26. The van der Waals surface area contributed by atoms with Gasteiger partial charge in [-0.25, -0.2) is 0 Å². The third-order valence-corrected chi connectivity index (χ3v) is 3.49. The van der Waals surface area contributed by atoms with Gasteiger partial charge in [0.15, 0.2) is 6.61 Å². The monoisotopic (exact) mass is 343 g/mol. The zero-order chi connectivity index (χ0) is 17.9. The van der Waals surface area contributed by atoms with Crippen molar-refractivity contribution in [1.82, 2.24) is 5.32 Å². The quantitative estimate of drug-likeness (QED) is 0.719. The Morgan fingerprint density at radius 2 is 1.44 bits per heavy atom. The van der Waals surface area contributed by atoms with E-state index in [1.807, 2.05) is 50.2 Å². The maximum absolute atomic E-state index is 11.9. The van der Waals surface area contributed by atoms with Crippen LogP contribution in [-0.4, -0.2) is 25.7 Å². The van der Waals surface area contributed by atoms with E-state index in [4.69, 9.17) is 14.2 Å². The van der Waals surface area contributed by atoms with E-state index in [2.05, 4.69) is 5.32 Å². The fourth-order valence-corrected chi connectivity index (χ4v) is 2.17. The zero-order valence-electron chi connectivity index (χ0n) is 14.8. The van der Waals surface area contributed by atoms with Gasteiger partial charge < -0.3 is 19.5 Å². The summed E-state index contributed by atoms with van der Waals surface area (Å²) < 4.78 is 16.2. The van der Waals surface area contributed by atoms with Gasteiger partial charge >= 0.3 is 0 Å². The standard InChI is InChI=1S/C20H25NO4/c1-3-23-14-17-7-5-16(6-8-17)13-21-20(22)15-25-19-11-9-18(10-12-19)24-4-2/h5-12H,3-4,13-15H2,1-2H3,(H,21,22). The number of carbonyl (C=O) groups is 1. The van der Waals surface area contributed by atoms with Gasteiger partial charge in [0.1, 0.15) is 11.5 Å². The van der Waals surface area contributed by atoms with Crippen molar-refractivity contribution >= 4 is 5.91 Å². The Hall–Kier alpha value is -2.53. The molecule has 2 aromatic carbocycles. The normalized spacial score (nSPS) is 10.3. The van der Waals surface area contributed by atoms with Crippen LogP contribution in [0, 0.1) is 0 Å². The van der Waals surface area contributed by atoms with Crippen LogP contribution in [0.2, 0.25) is 0 Å². The molecule has 0 spiro atoms. The molecule has 5 nitrogen and oxygen atoms in total. The number of rotatable bonds is 10. The minimum atomic E-state index is -0.160. The first kappa shape index (κ1) is 18.8. The Balaban J connectivity index is 1.71. The highest BCUT2D eigenvalue weighted by molar-refractivity contribution is 5.77. The summed E-state index contributed by atoms with van der Waals surface area (Å²) in [5.41, 5.74) is 2.16. The summed E-state index contributed by atoms with van der Waals surface area (Å²) in [6.07, 6.45) is 0. The SMILES string of the molecule is CCOCc1ccc(CNC(=O)COc2ccc(OCC)cc2)cc1. The Morgan fingerprint density at radius 1 is 0.840 bits per heavy atom. The van der Waals surface area contributed by atoms with Crippen LogP contribution in [-0.2, 0) is 22.7 Å². The molecule has 0 aliphatic carbocycles. The number of hydrogen-bond acceptors (Lipinski definition) is 4. The van der Waals surface area contributed by atoms with E-state index in [1.54, 1.807) is 12.1 Å². The molecule has 0 saturated carbocycles. The third-order valence-electron chi connectivity index (χ3n) is 3.49. The molecule has 0 saturated heterocycles. The van der Waals surface area contributed by atoms with E-state index in [9.17, 15) is 4.79 Å². The molecular formula is C20H25NO4. The van der Waals surface area contributed by atoms with E-state index < -0.39 is 0 Å². The Kier molecular flexibility index (Phi) is 7.79. The lowest BCUT2D eigenvalue weighted by atomic mass is 10.1. The fraction of sp³-hybridized carbons (Fsp3) is 0.350. The molecule has 0 aliphatic rings. The molecule has 0 unspecified atom stereocenters. The third kappa shape index (κ3) is 6.85. The second-order valence-electron chi connectivity index (χ2n) is 5.42. The molecule has 0 fully saturated rings. The highest BCUT2D eigenvalue weighted by Gasteiger charge is 2.04. The summed E-state index contributed by atoms with van der Waals surface area (Å²) in [5, 5.41) is 2.84. The highest BCUT2D eigenvalue weighted by Crippen LogP contribution is 2.17. The fourth-order valence-electron chi connectivity index (χ4n) is 2.17. The Labute approximate surface area is 148 Å². The average molecular weight is 343 g/mol. The minimum Gasteiger partial charge on any atom is -0.494 e. The molecule has 134 valence electrons. The van der Waals surface area contributed by atoms with Gasteiger partial charge in [0.25, 0.3) is 5.91 Å².